The second-order valence-corrected chi connectivity index (χ2v) is 6.74. The van der Waals surface area contributed by atoms with Crippen molar-refractivity contribution in [3.05, 3.63) is 11.1 Å². The van der Waals surface area contributed by atoms with E-state index in [1.807, 2.05) is 13.8 Å². The Labute approximate surface area is 139 Å². The lowest BCUT2D eigenvalue weighted by molar-refractivity contribution is -0.121. The van der Waals surface area contributed by atoms with Crippen LogP contribution in [0.1, 0.15) is 32.4 Å². The maximum Gasteiger partial charge on any atom is 0.413 e. The van der Waals surface area contributed by atoms with Crippen LogP contribution in [0.15, 0.2) is 5.38 Å². The van der Waals surface area contributed by atoms with Crippen molar-refractivity contribution in [2.24, 2.45) is 5.92 Å². The molecule has 1 aliphatic rings. The van der Waals surface area contributed by atoms with Crippen LogP contribution < -0.4 is 10.6 Å². The summed E-state index contributed by atoms with van der Waals surface area (Å²) in [5.74, 6) is 0.180. The number of hydrogen-bond donors (Lipinski definition) is 2. The highest BCUT2D eigenvalue weighted by molar-refractivity contribution is 7.13. The number of amides is 2. The molecule has 1 atom stereocenters. The highest BCUT2D eigenvalue weighted by Crippen LogP contribution is 2.16. The lowest BCUT2D eigenvalue weighted by Crippen LogP contribution is -2.32. The molecule has 2 rings (SSSR count). The normalized spacial score (nSPS) is 17.3. The van der Waals surface area contributed by atoms with E-state index in [2.05, 4.69) is 15.6 Å². The van der Waals surface area contributed by atoms with Crippen molar-refractivity contribution in [3.63, 3.8) is 0 Å². The number of carbonyl (C=O) groups is 2. The molecule has 0 saturated carbocycles. The average molecular weight is 341 g/mol. The largest absolute Gasteiger partial charge is 0.449 e. The summed E-state index contributed by atoms with van der Waals surface area (Å²) in [4.78, 5) is 27.6. The van der Waals surface area contributed by atoms with E-state index in [0.29, 0.717) is 24.0 Å². The molecule has 1 fully saturated rings. The van der Waals surface area contributed by atoms with Crippen molar-refractivity contribution in [2.75, 3.05) is 25.1 Å². The number of thiazole rings is 1. The molecule has 1 saturated heterocycles. The molecule has 0 bridgehead atoms. The molecule has 8 heteroatoms. The summed E-state index contributed by atoms with van der Waals surface area (Å²) < 4.78 is 10.5. The first-order valence-electron chi connectivity index (χ1n) is 7.79. The van der Waals surface area contributed by atoms with Crippen molar-refractivity contribution in [3.8, 4) is 0 Å². The van der Waals surface area contributed by atoms with Crippen molar-refractivity contribution in [2.45, 2.75) is 39.2 Å². The van der Waals surface area contributed by atoms with Crippen molar-refractivity contribution < 1.29 is 19.1 Å². The first-order valence-corrected chi connectivity index (χ1v) is 8.67. The van der Waals surface area contributed by atoms with Crippen LogP contribution in [-0.4, -0.2) is 42.8 Å². The number of anilines is 1. The van der Waals surface area contributed by atoms with E-state index < -0.39 is 6.09 Å². The Morgan fingerprint density at radius 2 is 2.35 bits per heavy atom. The molecule has 0 aromatic carbocycles. The van der Waals surface area contributed by atoms with Gasteiger partial charge in [0.15, 0.2) is 5.13 Å². The fourth-order valence-corrected chi connectivity index (χ4v) is 2.77. The van der Waals surface area contributed by atoms with E-state index in [9.17, 15) is 9.59 Å². The molecule has 1 aliphatic heterocycles. The maximum atomic E-state index is 11.9. The molecule has 7 nitrogen and oxygen atoms in total. The predicted molar refractivity (Wildman–Crippen MR) is 87.6 cm³/mol. The third-order valence-electron chi connectivity index (χ3n) is 3.20. The van der Waals surface area contributed by atoms with Gasteiger partial charge in [-0.05, 0) is 18.8 Å². The molecule has 23 heavy (non-hydrogen) atoms. The molecule has 1 aromatic heterocycles. The lowest BCUT2D eigenvalue weighted by Gasteiger charge is -2.10. The van der Waals surface area contributed by atoms with Gasteiger partial charge in [0.1, 0.15) is 0 Å². The highest BCUT2D eigenvalue weighted by atomic mass is 32.1. The SMILES string of the molecule is CC(C)COC(=O)Nc1nc(CC(=O)NCC2CCCO2)cs1. The highest BCUT2D eigenvalue weighted by Gasteiger charge is 2.17. The van der Waals surface area contributed by atoms with Crippen LogP contribution in [-0.2, 0) is 20.7 Å². The molecule has 1 aromatic rings. The number of ether oxygens (including phenoxy) is 2. The predicted octanol–water partition coefficient (Wildman–Crippen LogP) is 2.19. The van der Waals surface area contributed by atoms with Crippen LogP contribution in [0.4, 0.5) is 9.93 Å². The van der Waals surface area contributed by atoms with Gasteiger partial charge >= 0.3 is 6.09 Å². The summed E-state index contributed by atoms with van der Waals surface area (Å²) in [5, 5.41) is 7.59. The van der Waals surface area contributed by atoms with E-state index in [-0.39, 0.29) is 24.3 Å². The molecular formula is C15H23N3O4S. The summed E-state index contributed by atoms with van der Waals surface area (Å²) in [7, 11) is 0. The number of nitrogens with one attached hydrogen (secondary N) is 2. The molecule has 0 radical (unpaired) electrons. The fraction of sp³-hybridized carbons (Fsp3) is 0.667. The Kier molecular flexibility index (Phi) is 6.79. The van der Waals surface area contributed by atoms with Crippen molar-refractivity contribution in [1.29, 1.82) is 0 Å². The van der Waals surface area contributed by atoms with Crippen LogP contribution >= 0.6 is 11.3 Å². The summed E-state index contributed by atoms with van der Waals surface area (Å²) in [5.41, 5.74) is 0.624. The second-order valence-electron chi connectivity index (χ2n) is 5.88. The molecule has 2 amide bonds. The summed E-state index contributed by atoms with van der Waals surface area (Å²) in [6.45, 7) is 5.59. The van der Waals surface area contributed by atoms with Gasteiger partial charge in [-0.2, -0.15) is 0 Å². The Balaban J connectivity index is 1.70. The fourth-order valence-electron chi connectivity index (χ4n) is 2.07. The maximum absolute atomic E-state index is 11.9. The van der Waals surface area contributed by atoms with Crippen LogP contribution in [0.3, 0.4) is 0 Å². The van der Waals surface area contributed by atoms with Gasteiger partial charge in [-0.1, -0.05) is 13.8 Å². The van der Waals surface area contributed by atoms with Crippen LogP contribution in [0.5, 0.6) is 0 Å². The number of rotatable bonds is 7. The van der Waals surface area contributed by atoms with E-state index in [1.165, 1.54) is 11.3 Å². The zero-order valence-corrected chi connectivity index (χ0v) is 14.3. The van der Waals surface area contributed by atoms with Gasteiger partial charge in [-0.3, -0.25) is 10.1 Å². The average Bonchev–Trinajstić information content (AvgIpc) is 3.15. The van der Waals surface area contributed by atoms with Gasteiger partial charge in [0, 0.05) is 18.5 Å². The molecule has 1 unspecified atom stereocenters. The third kappa shape index (κ3) is 6.54. The van der Waals surface area contributed by atoms with Crippen LogP contribution in [0, 0.1) is 5.92 Å². The van der Waals surface area contributed by atoms with Gasteiger partial charge in [-0.15, -0.1) is 11.3 Å². The first kappa shape index (κ1) is 17.7. The van der Waals surface area contributed by atoms with Gasteiger partial charge in [0.25, 0.3) is 0 Å². The van der Waals surface area contributed by atoms with E-state index in [1.54, 1.807) is 5.38 Å². The summed E-state index contributed by atoms with van der Waals surface area (Å²) >= 11 is 1.27. The van der Waals surface area contributed by atoms with Crippen LogP contribution in [0.25, 0.3) is 0 Å². The quantitative estimate of drug-likeness (QED) is 0.793. The standard InChI is InChI=1S/C15H23N3O4S/c1-10(2)8-22-15(20)18-14-17-11(9-23-14)6-13(19)16-7-12-4-3-5-21-12/h9-10,12H,3-8H2,1-2H3,(H,16,19)(H,17,18,20). The number of aromatic nitrogens is 1. The number of hydrogen-bond acceptors (Lipinski definition) is 6. The van der Waals surface area contributed by atoms with Gasteiger partial charge in [0.2, 0.25) is 5.91 Å². The zero-order valence-electron chi connectivity index (χ0n) is 13.5. The van der Waals surface area contributed by atoms with Crippen LogP contribution in [0.2, 0.25) is 0 Å². The third-order valence-corrected chi connectivity index (χ3v) is 4.01. The smallest absolute Gasteiger partial charge is 0.413 e. The Hall–Kier alpha value is -1.67. The van der Waals surface area contributed by atoms with E-state index in [0.717, 1.165) is 19.4 Å². The number of nitrogens with zero attached hydrogens (tertiary/aromatic N) is 1. The second kappa shape index (κ2) is 8.83. The van der Waals surface area contributed by atoms with Crippen molar-refractivity contribution >= 4 is 28.5 Å². The zero-order chi connectivity index (χ0) is 16.7. The topological polar surface area (TPSA) is 89.5 Å². The summed E-state index contributed by atoms with van der Waals surface area (Å²) in [6, 6.07) is 0. The first-order chi connectivity index (χ1) is 11.0. The van der Waals surface area contributed by atoms with E-state index in [4.69, 9.17) is 9.47 Å². The number of carbonyl (C=O) groups excluding carboxylic acids is 2. The minimum Gasteiger partial charge on any atom is -0.449 e. The summed E-state index contributed by atoms with van der Waals surface area (Å²) in [6.07, 6.45) is 1.83. The minimum atomic E-state index is -0.526. The molecule has 2 N–H and O–H groups in total. The van der Waals surface area contributed by atoms with Gasteiger partial charge in [-0.25, -0.2) is 9.78 Å². The van der Waals surface area contributed by atoms with Crippen molar-refractivity contribution in [1.82, 2.24) is 10.3 Å². The molecule has 128 valence electrons. The molecule has 2 heterocycles. The van der Waals surface area contributed by atoms with Gasteiger partial charge < -0.3 is 14.8 Å². The molecular weight excluding hydrogens is 318 g/mol. The lowest BCUT2D eigenvalue weighted by atomic mass is 10.2. The molecule has 0 aliphatic carbocycles. The monoisotopic (exact) mass is 341 g/mol. The minimum absolute atomic E-state index is 0.0975. The Morgan fingerprint density at radius 1 is 1.52 bits per heavy atom. The Bertz CT molecular complexity index is 527. The molecule has 0 spiro atoms. The van der Waals surface area contributed by atoms with Gasteiger partial charge in [0.05, 0.1) is 24.8 Å². The van der Waals surface area contributed by atoms with E-state index >= 15 is 0 Å². The Morgan fingerprint density at radius 3 is 3.04 bits per heavy atom.